The molecule has 9 heteroatoms. The van der Waals surface area contributed by atoms with Gasteiger partial charge in [0.1, 0.15) is 5.78 Å². The van der Waals surface area contributed by atoms with Gasteiger partial charge in [-0.1, -0.05) is 0 Å². The number of hydrazone groups is 4. The third-order valence-electron chi connectivity index (χ3n) is 2.84. The van der Waals surface area contributed by atoms with E-state index in [1.54, 1.807) is 13.8 Å². The Morgan fingerprint density at radius 2 is 1.55 bits per heavy atom. The predicted molar refractivity (Wildman–Crippen MR) is 81.2 cm³/mol. The van der Waals surface area contributed by atoms with Crippen LogP contribution in [0.5, 0.6) is 0 Å². The number of carbonyl (C=O) groups is 1. The Bertz CT molecular complexity index is 426. The summed E-state index contributed by atoms with van der Waals surface area (Å²) in [6, 6.07) is 0. The molecule has 0 fully saturated rings. The number of carbonyl (C=O) groups excluding carboxylic acids is 1. The quantitative estimate of drug-likeness (QED) is 0.257. The highest BCUT2D eigenvalue weighted by molar-refractivity contribution is 6.07. The van der Waals surface area contributed by atoms with Crippen molar-refractivity contribution in [3.63, 3.8) is 0 Å². The van der Waals surface area contributed by atoms with Crippen LogP contribution in [-0.4, -0.2) is 29.6 Å². The normalized spacial score (nSPS) is 16.7. The first kappa shape index (κ1) is 17.6. The van der Waals surface area contributed by atoms with Gasteiger partial charge in [-0.2, -0.15) is 20.4 Å². The number of rotatable bonds is 8. The highest BCUT2D eigenvalue weighted by Gasteiger charge is 2.23. The van der Waals surface area contributed by atoms with E-state index < -0.39 is 5.92 Å². The van der Waals surface area contributed by atoms with Crippen molar-refractivity contribution in [2.45, 2.75) is 26.7 Å². The summed E-state index contributed by atoms with van der Waals surface area (Å²) in [5.41, 5.74) is 1.13. The van der Waals surface area contributed by atoms with E-state index in [2.05, 4.69) is 20.4 Å². The maximum atomic E-state index is 12.1. The molecule has 2 unspecified atom stereocenters. The fraction of sp³-hybridized carbons (Fsp3) is 0.545. The Labute approximate surface area is 117 Å². The summed E-state index contributed by atoms with van der Waals surface area (Å²) in [5, 5.41) is 14.0. The zero-order valence-corrected chi connectivity index (χ0v) is 11.7. The Morgan fingerprint density at radius 1 is 1.00 bits per heavy atom. The van der Waals surface area contributed by atoms with Crippen LogP contribution in [0.15, 0.2) is 20.4 Å². The van der Waals surface area contributed by atoms with E-state index >= 15 is 0 Å². The lowest BCUT2D eigenvalue weighted by Crippen LogP contribution is -2.26. The van der Waals surface area contributed by atoms with Crippen molar-refractivity contribution in [2.75, 3.05) is 0 Å². The number of hydrogen-bond acceptors (Lipinski definition) is 9. The topological polar surface area (TPSA) is 171 Å². The second kappa shape index (κ2) is 9.48. The molecule has 0 spiro atoms. The van der Waals surface area contributed by atoms with Crippen LogP contribution in [-0.2, 0) is 4.79 Å². The van der Waals surface area contributed by atoms with Crippen LogP contribution in [0.4, 0.5) is 0 Å². The van der Waals surface area contributed by atoms with Gasteiger partial charge < -0.3 is 23.4 Å². The summed E-state index contributed by atoms with van der Waals surface area (Å²) in [7, 11) is 0. The largest absolute Gasteiger partial charge is 0.324 e. The first-order valence-corrected chi connectivity index (χ1v) is 5.97. The van der Waals surface area contributed by atoms with Crippen molar-refractivity contribution in [1.82, 2.24) is 0 Å². The van der Waals surface area contributed by atoms with Gasteiger partial charge in [-0.25, -0.2) is 0 Å². The van der Waals surface area contributed by atoms with Crippen molar-refractivity contribution in [3.05, 3.63) is 0 Å². The maximum Gasteiger partial charge on any atom is 0.147 e. The molecule has 9 nitrogen and oxygen atoms in total. The minimum absolute atomic E-state index is 0.105. The van der Waals surface area contributed by atoms with Gasteiger partial charge in [0.25, 0.3) is 0 Å². The molecule has 0 aliphatic heterocycles. The Hall–Kier alpha value is -2.45. The smallest absolute Gasteiger partial charge is 0.147 e. The number of hydrogen-bond donors (Lipinski definition) is 4. The first-order valence-electron chi connectivity index (χ1n) is 5.97. The molecular formula is C11H22N8O. The lowest BCUT2D eigenvalue weighted by atomic mass is 9.88. The van der Waals surface area contributed by atoms with E-state index in [9.17, 15) is 4.79 Å². The number of nitrogens with two attached hydrogens (primary N) is 4. The van der Waals surface area contributed by atoms with Crippen LogP contribution < -0.4 is 23.4 Å². The summed E-state index contributed by atoms with van der Waals surface area (Å²) >= 11 is 0. The minimum Gasteiger partial charge on any atom is -0.324 e. The van der Waals surface area contributed by atoms with Gasteiger partial charge in [0.15, 0.2) is 0 Å². The van der Waals surface area contributed by atoms with Crippen molar-refractivity contribution < 1.29 is 4.79 Å². The lowest BCUT2D eigenvalue weighted by molar-refractivity contribution is -0.119. The SMILES string of the molecule is C/C(=N/N)C(/C=N/N)CC(/C=N/N)C(=O)C/C(C)=N/N. The van der Waals surface area contributed by atoms with Crippen LogP contribution in [0.3, 0.4) is 0 Å². The summed E-state index contributed by atoms with van der Waals surface area (Å²) in [6.45, 7) is 3.39. The van der Waals surface area contributed by atoms with E-state index in [1.165, 1.54) is 12.4 Å². The summed E-state index contributed by atoms with van der Waals surface area (Å²) in [4.78, 5) is 12.1. The highest BCUT2D eigenvalue weighted by atomic mass is 16.1. The molecule has 0 aromatic rings. The van der Waals surface area contributed by atoms with Crippen LogP contribution in [0.25, 0.3) is 0 Å². The third kappa shape index (κ3) is 5.94. The predicted octanol–water partition coefficient (Wildman–Crippen LogP) is -0.874. The second-order valence-electron chi connectivity index (χ2n) is 4.32. The maximum absolute atomic E-state index is 12.1. The van der Waals surface area contributed by atoms with Crippen molar-refractivity contribution in [2.24, 2.45) is 55.6 Å². The molecule has 0 radical (unpaired) electrons. The van der Waals surface area contributed by atoms with Gasteiger partial charge in [-0.05, 0) is 20.3 Å². The highest BCUT2D eigenvalue weighted by Crippen LogP contribution is 2.14. The number of Topliss-reactive ketones (excluding diaryl/α,β-unsaturated/α-hetero) is 1. The molecule has 0 aromatic heterocycles. The van der Waals surface area contributed by atoms with Crippen LogP contribution in [0.2, 0.25) is 0 Å². The zero-order valence-electron chi connectivity index (χ0n) is 11.7. The molecule has 0 aliphatic carbocycles. The fourth-order valence-corrected chi connectivity index (χ4v) is 1.62. The molecule has 112 valence electrons. The fourth-order valence-electron chi connectivity index (χ4n) is 1.62. The number of nitrogens with zero attached hydrogens (tertiary/aromatic N) is 4. The molecule has 2 atom stereocenters. The second-order valence-corrected chi connectivity index (χ2v) is 4.32. The molecule has 8 N–H and O–H groups in total. The lowest BCUT2D eigenvalue weighted by Gasteiger charge is -2.16. The molecule has 0 amide bonds. The van der Waals surface area contributed by atoms with Gasteiger partial charge in [-0.15, -0.1) is 0 Å². The van der Waals surface area contributed by atoms with Crippen molar-refractivity contribution in [1.29, 1.82) is 0 Å². The summed E-state index contributed by atoms with van der Waals surface area (Å²) < 4.78 is 0. The summed E-state index contributed by atoms with van der Waals surface area (Å²) in [5.74, 6) is 19.7. The molecule has 0 rings (SSSR count). The van der Waals surface area contributed by atoms with Crippen molar-refractivity contribution in [3.8, 4) is 0 Å². The molecule has 0 saturated heterocycles. The third-order valence-corrected chi connectivity index (χ3v) is 2.84. The van der Waals surface area contributed by atoms with Gasteiger partial charge in [-0.3, -0.25) is 4.79 Å². The Kier molecular flexibility index (Phi) is 8.32. The molecule has 0 heterocycles. The molecule has 0 aliphatic rings. The Morgan fingerprint density at radius 3 is 2.00 bits per heavy atom. The van der Waals surface area contributed by atoms with E-state index in [0.29, 0.717) is 17.8 Å². The average molecular weight is 282 g/mol. The van der Waals surface area contributed by atoms with E-state index in [4.69, 9.17) is 23.4 Å². The van der Waals surface area contributed by atoms with Crippen LogP contribution in [0, 0.1) is 11.8 Å². The minimum atomic E-state index is -0.517. The monoisotopic (exact) mass is 282 g/mol. The zero-order chi connectivity index (χ0) is 15.5. The summed E-state index contributed by atoms with van der Waals surface area (Å²) in [6.07, 6.45) is 3.33. The first-order chi connectivity index (χ1) is 9.49. The van der Waals surface area contributed by atoms with Gasteiger partial charge in [0.05, 0.1) is 5.92 Å². The standard InChI is InChI=1S/C11H22N8O/c1-7(18-14)3-11(20)10(6-17-13)4-9(5-16-12)8(2)19-15/h5-6,9-10H,3-4,12-15H2,1-2H3/b16-5+,17-6+,18-7+,19-8-. The van der Waals surface area contributed by atoms with Crippen LogP contribution >= 0.6 is 0 Å². The van der Waals surface area contributed by atoms with Crippen LogP contribution in [0.1, 0.15) is 26.7 Å². The van der Waals surface area contributed by atoms with Gasteiger partial charge >= 0.3 is 0 Å². The molecule has 0 saturated carbocycles. The van der Waals surface area contributed by atoms with Gasteiger partial charge in [0, 0.05) is 36.2 Å². The molecule has 0 aromatic carbocycles. The van der Waals surface area contributed by atoms with E-state index in [1.807, 2.05) is 0 Å². The molecular weight excluding hydrogens is 260 g/mol. The van der Waals surface area contributed by atoms with Gasteiger partial charge in [0.2, 0.25) is 0 Å². The van der Waals surface area contributed by atoms with Crippen molar-refractivity contribution >= 4 is 29.6 Å². The average Bonchev–Trinajstić information content (AvgIpc) is 2.44. The Balaban J connectivity index is 5.04. The molecule has 20 heavy (non-hydrogen) atoms. The number of ketones is 1. The molecule has 0 bridgehead atoms. The van der Waals surface area contributed by atoms with E-state index in [-0.39, 0.29) is 18.1 Å². The van der Waals surface area contributed by atoms with E-state index in [0.717, 1.165) is 0 Å².